The molecule has 0 unspecified atom stereocenters. The van der Waals surface area contributed by atoms with Crippen molar-refractivity contribution in [3.63, 3.8) is 0 Å². The summed E-state index contributed by atoms with van der Waals surface area (Å²) in [6.07, 6.45) is 4.66. The lowest BCUT2D eigenvalue weighted by atomic mass is 10.1. The van der Waals surface area contributed by atoms with Crippen LogP contribution in [0.5, 0.6) is 0 Å². The molecule has 0 aliphatic heterocycles. The normalized spacial score (nSPS) is 12.5. The van der Waals surface area contributed by atoms with Gasteiger partial charge in [0.15, 0.2) is 0 Å². The van der Waals surface area contributed by atoms with E-state index in [0.717, 1.165) is 25.7 Å². The number of carboxylic acids is 13. The van der Waals surface area contributed by atoms with Gasteiger partial charge in [0, 0.05) is 6.42 Å². The van der Waals surface area contributed by atoms with Crippen molar-refractivity contribution >= 4 is 77.6 Å². The van der Waals surface area contributed by atoms with E-state index in [4.69, 9.17) is 129 Å². The van der Waals surface area contributed by atoms with Crippen LogP contribution in [0.1, 0.15) is 134 Å². The van der Waals surface area contributed by atoms with Gasteiger partial charge in [0.1, 0.15) is 54.4 Å². The van der Waals surface area contributed by atoms with E-state index in [0.29, 0.717) is 38.3 Å². The van der Waals surface area contributed by atoms with E-state index in [1.54, 1.807) is 55.4 Å². The molecule has 0 aromatic carbocycles. The van der Waals surface area contributed by atoms with E-state index in [2.05, 4.69) is 17.2 Å². The van der Waals surface area contributed by atoms with Gasteiger partial charge >= 0.3 is 77.6 Å². The molecule has 40 nitrogen and oxygen atoms in total. The van der Waals surface area contributed by atoms with Crippen LogP contribution in [-0.4, -0.2) is 231 Å². The van der Waals surface area contributed by atoms with E-state index >= 15 is 0 Å². The largest absolute Gasteiger partial charge is 0.481 e. The number of rotatable bonds is 29. The topological polar surface area (TPSA) is 849 Å². The van der Waals surface area contributed by atoms with Crippen molar-refractivity contribution < 1.29 is 129 Å². The van der Waals surface area contributed by atoms with Crippen LogP contribution in [0.15, 0.2) is 0 Å². The second-order valence-electron chi connectivity index (χ2n) is 20.3. The summed E-state index contributed by atoms with van der Waals surface area (Å²) in [4.78, 5) is 128. The van der Waals surface area contributed by atoms with E-state index in [-0.39, 0.29) is 56.1 Å². The molecule has 0 fully saturated rings. The highest BCUT2D eigenvalue weighted by Crippen LogP contribution is 2.03. The third kappa shape index (κ3) is 113. The molecule has 0 spiro atoms. The molecule has 0 aromatic rings. The summed E-state index contributed by atoms with van der Waals surface area (Å²) in [5.74, 6) is -12.1. The van der Waals surface area contributed by atoms with Crippen molar-refractivity contribution in [1.82, 2.24) is 0 Å². The van der Waals surface area contributed by atoms with Crippen LogP contribution >= 0.6 is 0 Å². The molecule has 0 aliphatic rings. The molecule has 0 saturated heterocycles. The third-order valence-electron chi connectivity index (χ3n) is 9.53. The first-order valence-electron chi connectivity index (χ1n) is 27.8. The number of aliphatic carboxylic acids is 13. The highest BCUT2D eigenvalue weighted by Gasteiger charge is 2.18. The van der Waals surface area contributed by atoms with Crippen LogP contribution in [-0.2, 0) is 62.3 Å². The van der Waals surface area contributed by atoms with Crippen LogP contribution < -0.4 is 80.3 Å². The molecule has 41 N–H and O–H groups in total. The average molecular weight is 1350 g/mol. The lowest BCUT2D eigenvalue weighted by Crippen LogP contribution is -2.34. The molecule has 0 bridgehead atoms. The number of carboxylic acid groups (broad SMARTS) is 13. The highest BCUT2D eigenvalue weighted by molar-refractivity contribution is 5.76. The Morgan fingerprint density at radius 1 is 0.272 bits per heavy atom. The summed E-state index contributed by atoms with van der Waals surface area (Å²) in [6.45, 7) is 19.9. The Labute approximate surface area is 536 Å². The van der Waals surface area contributed by atoms with Gasteiger partial charge in [-0.3, -0.25) is 62.3 Å². The smallest absolute Gasteiger partial charge is 0.320 e. The first-order valence-corrected chi connectivity index (χ1v) is 27.8. The molecule has 0 amide bonds. The molecule has 0 heterocycles. The highest BCUT2D eigenvalue weighted by atomic mass is 16.4. The fourth-order valence-electron chi connectivity index (χ4n) is 3.42. The Bertz CT molecular complexity index is 1800. The average Bonchev–Trinajstić information content (AvgIpc) is 3.44. The lowest BCUT2D eigenvalue weighted by molar-refractivity contribution is -0.141. The van der Waals surface area contributed by atoms with E-state index < -0.39 is 132 Å². The summed E-state index contributed by atoms with van der Waals surface area (Å²) in [6, 6.07) is -6.76. The van der Waals surface area contributed by atoms with Crippen molar-refractivity contribution in [2.75, 3.05) is 32.7 Å². The van der Waals surface area contributed by atoms with E-state index in [1.165, 1.54) is 6.92 Å². The maximum absolute atomic E-state index is 10.1. The monoisotopic (exact) mass is 1350 g/mol. The minimum atomic E-state index is -1.17. The Morgan fingerprint density at radius 2 is 0.457 bits per heavy atom. The molecule has 0 rings (SSSR count). The van der Waals surface area contributed by atoms with Crippen LogP contribution in [0.4, 0.5) is 0 Å². The number of nitrogens with two attached hydrogens (primary N) is 14. The molecule has 0 radical (unpaired) electrons. The SMILES string of the molecule is CC(C)C[C@H](N)C(=O)O.CC(C)[C@H](N)C(=O)O.CC(C)[C@H](N)C(=O)O.CC(C)[C@H](N)C(=O)O.CC(C)[C@H](N)C(=O)O.C[C@H](N)C(=O)O.NCC(=O)O.NCC(=O)O.NCC(=O)O.NCCCC[C@H](N)C(=O)O.NCCCC[C@H](N)C(=O)O.N[C@@H](CCC(=O)O)C(=O)O. The van der Waals surface area contributed by atoms with Crippen molar-refractivity contribution in [3.8, 4) is 0 Å². The fraction of sp³-hybridized carbons (Fsp3) is 0.750. The number of unbranched alkanes of at least 4 members (excludes halogenated alkanes) is 2. The molecule has 0 saturated carbocycles. The van der Waals surface area contributed by atoms with Gasteiger partial charge in [-0.1, -0.05) is 82.1 Å². The van der Waals surface area contributed by atoms with Crippen LogP contribution in [0.25, 0.3) is 0 Å². The third-order valence-corrected chi connectivity index (χ3v) is 9.53. The molecule has 550 valence electrons. The van der Waals surface area contributed by atoms with Gasteiger partial charge in [-0.15, -0.1) is 0 Å². The zero-order valence-electron chi connectivity index (χ0n) is 54.7. The van der Waals surface area contributed by atoms with E-state index in [9.17, 15) is 62.3 Å². The van der Waals surface area contributed by atoms with E-state index in [1.807, 2.05) is 13.8 Å². The van der Waals surface area contributed by atoms with Crippen molar-refractivity contribution in [1.29, 1.82) is 0 Å². The number of hydrogen-bond donors (Lipinski definition) is 27. The van der Waals surface area contributed by atoms with Gasteiger partial charge in [-0.2, -0.15) is 0 Å². The zero-order valence-corrected chi connectivity index (χ0v) is 54.7. The van der Waals surface area contributed by atoms with Crippen molar-refractivity contribution in [3.05, 3.63) is 0 Å². The zero-order chi connectivity index (χ0) is 76.5. The molecule has 0 aromatic heterocycles. The minimum Gasteiger partial charge on any atom is -0.481 e. The maximum Gasteiger partial charge on any atom is 0.320 e. The van der Waals surface area contributed by atoms with Gasteiger partial charge < -0.3 is 147 Å². The number of carbonyl (C=O) groups is 13. The van der Waals surface area contributed by atoms with Gasteiger partial charge in [-0.25, -0.2) is 0 Å². The Morgan fingerprint density at radius 3 is 0.543 bits per heavy atom. The fourth-order valence-corrected chi connectivity index (χ4v) is 3.42. The standard InChI is InChI=1S/2C6H14N2O2.C6H13NO2.C5H9NO4.4C5H11NO2.C3H7NO2.3C2H5NO2/c2*7-4-2-1-3-5(8)6(9)10;1-4(2)3-5(7)6(8)9;6-3(5(9)10)1-2-4(7)8;4*1-3(2)4(6)5(7)8;1-2(4)3(5)6;3*3-1-2(4)5/h2*5H,1-4,7-8H2,(H,9,10);4-5H,3,7H2,1-2H3,(H,8,9);3H,1-2,6H2,(H,7,8)(H,9,10);4*3-4H,6H2,1-2H3,(H,7,8);2H,4H2,1H3,(H,5,6);3*1,3H2,(H,4,5)/t3*5-;3-;4*4-;2-;;;/m000000000.../s1. The lowest BCUT2D eigenvalue weighted by Gasteiger charge is -2.07. The number of hydrogen-bond acceptors (Lipinski definition) is 27. The Balaban J connectivity index is -0.0000000764. The molecular formula is C52H116N14O26. The Kier molecular flexibility index (Phi) is 90.5. The predicted molar refractivity (Wildman–Crippen MR) is 338 cm³/mol. The van der Waals surface area contributed by atoms with Crippen LogP contribution in [0.2, 0.25) is 0 Å². The second-order valence-corrected chi connectivity index (χ2v) is 20.3. The summed E-state index contributed by atoms with van der Waals surface area (Å²) < 4.78 is 0. The van der Waals surface area contributed by atoms with Crippen LogP contribution in [0.3, 0.4) is 0 Å². The summed E-state index contributed by atoms with van der Waals surface area (Å²) in [5.41, 5.74) is 70.2. The summed E-state index contributed by atoms with van der Waals surface area (Å²) in [7, 11) is 0. The predicted octanol–water partition coefficient (Wildman–Crippen LogP) is -4.51. The van der Waals surface area contributed by atoms with Gasteiger partial charge in [0.25, 0.3) is 0 Å². The Hall–Kier alpha value is -7.45. The summed E-state index contributed by atoms with van der Waals surface area (Å²) in [5, 5.41) is 105. The van der Waals surface area contributed by atoms with Crippen LogP contribution in [0, 0.1) is 29.6 Å². The quantitative estimate of drug-likeness (QED) is 0.0314. The van der Waals surface area contributed by atoms with Gasteiger partial charge in [-0.05, 0) is 88.1 Å². The summed E-state index contributed by atoms with van der Waals surface area (Å²) >= 11 is 0. The second kappa shape index (κ2) is 74.3. The molecular weight excluding hydrogens is 1240 g/mol. The minimum absolute atomic E-state index is 0.0208. The first kappa shape index (κ1) is 112. The van der Waals surface area contributed by atoms with Crippen molar-refractivity contribution in [2.24, 2.45) is 110 Å². The van der Waals surface area contributed by atoms with Gasteiger partial charge in [0.05, 0.1) is 19.6 Å². The van der Waals surface area contributed by atoms with Crippen molar-refractivity contribution in [2.45, 2.75) is 188 Å². The maximum atomic E-state index is 10.1. The molecule has 0 aliphatic carbocycles. The molecule has 92 heavy (non-hydrogen) atoms. The first-order chi connectivity index (χ1) is 41.6. The molecule has 40 heteroatoms. The van der Waals surface area contributed by atoms with Gasteiger partial charge in [0.2, 0.25) is 0 Å². The molecule has 9 atom stereocenters.